The number of aromatic nitrogens is 1. The fraction of sp³-hybridized carbons (Fsp3) is 0.462. The van der Waals surface area contributed by atoms with Crippen molar-refractivity contribution < 1.29 is 14.3 Å². The number of ether oxygens (including phenoxy) is 1. The molecule has 1 unspecified atom stereocenters. The number of pyridine rings is 1. The van der Waals surface area contributed by atoms with Crippen molar-refractivity contribution >= 4 is 11.9 Å². The molecule has 1 aromatic rings. The molecule has 3 amide bonds. The molecule has 1 fully saturated rings. The van der Waals surface area contributed by atoms with E-state index >= 15 is 0 Å². The number of nitrogens with zero attached hydrogens (tertiary/aromatic N) is 2. The van der Waals surface area contributed by atoms with E-state index < -0.39 is 6.04 Å². The zero-order chi connectivity index (χ0) is 13.8. The lowest BCUT2D eigenvalue weighted by Crippen LogP contribution is -2.31. The molecule has 1 atom stereocenters. The molecule has 0 saturated carbocycles. The number of urea groups is 1. The Balaban J connectivity index is 2.10. The molecule has 6 nitrogen and oxygen atoms in total. The molecule has 0 bridgehead atoms. The third-order valence-corrected chi connectivity index (χ3v) is 2.99. The summed E-state index contributed by atoms with van der Waals surface area (Å²) in [5.74, 6) is 0.283. The van der Waals surface area contributed by atoms with E-state index in [0.717, 1.165) is 6.42 Å². The average Bonchev–Trinajstić information content (AvgIpc) is 2.67. The van der Waals surface area contributed by atoms with E-state index in [9.17, 15) is 9.59 Å². The van der Waals surface area contributed by atoms with Crippen LogP contribution in [0.4, 0.5) is 4.79 Å². The van der Waals surface area contributed by atoms with Crippen molar-refractivity contribution in [2.45, 2.75) is 32.4 Å². The van der Waals surface area contributed by atoms with Crippen LogP contribution < -0.4 is 10.1 Å². The molecule has 1 saturated heterocycles. The minimum Gasteiger partial charge on any atom is -0.481 e. The quantitative estimate of drug-likeness (QED) is 0.813. The van der Waals surface area contributed by atoms with Crippen molar-refractivity contribution in [1.29, 1.82) is 0 Å². The fourth-order valence-electron chi connectivity index (χ4n) is 2.03. The molecule has 1 aliphatic rings. The highest BCUT2D eigenvalue weighted by Crippen LogP contribution is 2.15. The predicted molar refractivity (Wildman–Crippen MR) is 68.6 cm³/mol. The number of carbonyl (C=O) groups is 2. The van der Waals surface area contributed by atoms with E-state index in [1.165, 1.54) is 12.0 Å². The largest absolute Gasteiger partial charge is 0.481 e. The Morgan fingerprint density at radius 3 is 2.89 bits per heavy atom. The van der Waals surface area contributed by atoms with Gasteiger partial charge >= 0.3 is 6.03 Å². The lowest BCUT2D eigenvalue weighted by atomic mass is 10.1. The number of nitrogens with one attached hydrogen (secondary N) is 1. The van der Waals surface area contributed by atoms with Gasteiger partial charge in [0, 0.05) is 6.07 Å². The number of imide groups is 1. The number of hydrogen-bond acceptors (Lipinski definition) is 4. The van der Waals surface area contributed by atoms with Gasteiger partial charge in [-0.05, 0) is 12.5 Å². The second-order valence-corrected chi connectivity index (χ2v) is 4.39. The van der Waals surface area contributed by atoms with Crippen LogP contribution in [-0.2, 0) is 11.3 Å². The van der Waals surface area contributed by atoms with Crippen LogP contribution in [0, 0.1) is 0 Å². The van der Waals surface area contributed by atoms with E-state index in [2.05, 4.69) is 10.3 Å². The van der Waals surface area contributed by atoms with Crippen molar-refractivity contribution in [2.75, 3.05) is 7.11 Å². The summed E-state index contributed by atoms with van der Waals surface area (Å²) < 4.78 is 5.02. The molecule has 0 spiro atoms. The Bertz CT molecular complexity index is 490. The van der Waals surface area contributed by atoms with Gasteiger partial charge in [-0.25, -0.2) is 9.78 Å². The smallest absolute Gasteiger partial charge is 0.325 e. The molecular weight excluding hydrogens is 246 g/mol. The summed E-state index contributed by atoms with van der Waals surface area (Å²) in [5.41, 5.74) is 0.625. The molecule has 0 radical (unpaired) electrons. The molecule has 19 heavy (non-hydrogen) atoms. The topological polar surface area (TPSA) is 71.5 Å². The normalized spacial score (nSPS) is 18.6. The summed E-state index contributed by atoms with van der Waals surface area (Å²) in [6.45, 7) is 2.15. The monoisotopic (exact) mass is 263 g/mol. The highest BCUT2D eigenvalue weighted by Gasteiger charge is 2.37. The Labute approximate surface area is 111 Å². The van der Waals surface area contributed by atoms with Crippen LogP contribution in [0.5, 0.6) is 5.88 Å². The van der Waals surface area contributed by atoms with E-state index in [1.54, 1.807) is 18.2 Å². The van der Waals surface area contributed by atoms with Crippen molar-refractivity contribution in [3.05, 3.63) is 23.9 Å². The van der Waals surface area contributed by atoms with Crippen LogP contribution in [0.15, 0.2) is 18.2 Å². The van der Waals surface area contributed by atoms with Crippen molar-refractivity contribution in [3.63, 3.8) is 0 Å². The molecule has 2 rings (SSSR count). The summed E-state index contributed by atoms with van der Waals surface area (Å²) in [6, 6.07) is 4.51. The van der Waals surface area contributed by atoms with Crippen molar-refractivity contribution in [2.24, 2.45) is 0 Å². The van der Waals surface area contributed by atoms with Crippen LogP contribution in [0.1, 0.15) is 25.5 Å². The van der Waals surface area contributed by atoms with Crippen molar-refractivity contribution in [3.8, 4) is 5.88 Å². The maximum atomic E-state index is 12.0. The Hall–Kier alpha value is -2.11. The van der Waals surface area contributed by atoms with Crippen LogP contribution >= 0.6 is 0 Å². The molecule has 1 aliphatic heterocycles. The summed E-state index contributed by atoms with van der Waals surface area (Å²) in [4.78, 5) is 29.2. The summed E-state index contributed by atoms with van der Waals surface area (Å²) in [6.07, 6.45) is 1.51. The molecule has 0 aliphatic carbocycles. The van der Waals surface area contributed by atoms with Gasteiger partial charge in [0.2, 0.25) is 5.88 Å². The minimum atomic E-state index is -0.400. The van der Waals surface area contributed by atoms with Gasteiger partial charge < -0.3 is 10.1 Å². The molecule has 1 N–H and O–H groups in total. The molecule has 1 aromatic heterocycles. The van der Waals surface area contributed by atoms with Gasteiger partial charge in [-0.3, -0.25) is 9.69 Å². The summed E-state index contributed by atoms with van der Waals surface area (Å²) in [5, 5.41) is 2.68. The van der Waals surface area contributed by atoms with Crippen LogP contribution in [0.2, 0.25) is 0 Å². The van der Waals surface area contributed by atoms with Gasteiger partial charge in [0.25, 0.3) is 5.91 Å². The predicted octanol–water partition coefficient (Wildman–Crippen LogP) is 1.31. The summed E-state index contributed by atoms with van der Waals surface area (Å²) >= 11 is 0. The first-order chi connectivity index (χ1) is 9.15. The van der Waals surface area contributed by atoms with Gasteiger partial charge in [-0.1, -0.05) is 19.4 Å². The average molecular weight is 263 g/mol. The standard InChI is InChI=1S/C13H17N3O3/c1-3-5-10-12(17)16(13(18)15-10)8-9-6-4-7-11(14-9)19-2/h4,6-7,10H,3,5,8H2,1-2H3,(H,15,18). The van der Waals surface area contributed by atoms with Crippen LogP contribution in [0.25, 0.3) is 0 Å². The number of hydrogen-bond donors (Lipinski definition) is 1. The third-order valence-electron chi connectivity index (χ3n) is 2.99. The van der Waals surface area contributed by atoms with Crippen LogP contribution in [-0.4, -0.2) is 35.0 Å². The van der Waals surface area contributed by atoms with Gasteiger partial charge in [0.1, 0.15) is 6.04 Å². The lowest BCUT2D eigenvalue weighted by Gasteiger charge is -2.12. The molecule has 0 aromatic carbocycles. The van der Waals surface area contributed by atoms with E-state index in [4.69, 9.17) is 4.74 Å². The number of methoxy groups -OCH3 is 1. The minimum absolute atomic E-state index is 0.169. The lowest BCUT2D eigenvalue weighted by molar-refractivity contribution is -0.128. The maximum Gasteiger partial charge on any atom is 0.325 e. The first-order valence-electron chi connectivity index (χ1n) is 6.27. The van der Waals surface area contributed by atoms with E-state index in [0.29, 0.717) is 18.0 Å². The Morgan fingerprint density at radius 1 is 1.42 bits per heavy atom. The number of carbonyl (C=O) groups excluding carboxylic acids is 2. The fourth-order valence-corrected chi connectivity index (χ4v) is 2.03. The second kappa shape index (κ2) is 5.69. The first-order valence-corrected chi connectivity index (χ1v) is 6.27. The molecular formula is C13H17N3O3. The Kier molecular flexibility index (Phi) is 3.99. The molecule has 6 heteroatoms. The molecule has 2 heterocycles. The second-order valence-electron chi connectivity index (χ2n) is 4.39. The van der Waals surface area contributed by atoms with Gasteiger partial charge in [0.15, 0.2) is 0 Å². The maximum absolute atomic E-state index is 12.0. The van der Waals surface area contributed by atoms with E-state index in [1.807, 2.05) is 6.92 Å². The number of rotatable bonds is 5. The highest BCUT2D eigenvalue weighted by molar-refractivity contribution is 6.04. The van der Waals surface area contributed by atoms with Crippen LogP contribution in [0.3, 0.4) is 0 Å². The molecule has 102 valence electrons. The van der Waals surface area contributed by atoms with Gasteiger partial charge in [-0.15, -0.1) is 0 Å². The first kappa shape index (κ1) is 13.3. The van der Waals surface area contributed by atoms with Crippen molar-refractivity contribution in [1.82, 2.24) is 15.2 Å². The number of amides is 3. The van der Waals surface area contributed by atoms with E-state index in [-0.39, 0.29) is 18.5 Å². The third kappa shape index (κ3) is 2.83. The highest BCUT2D eigenvalue weighted by atomic mass is 16.5. The Morgan fingerprint density at radius 2 is 2.21 bits per heavy atom. The van der Waals surface area contributed by atoms with Gasteiger partial charge in [-0.2, -0.15) is 0 Å². The zero-order valence-corrected chi connectivity index (χ0v) is 11.0. The zero-order valence-electron chi connectivity index (χ0n) is 11.0. The summed E-state index contributed by atoms with van der Waals surface area (Å²) in [7, 11) is 1.52. The SMILES string of the molecule is CCCC1NC(=O)N(Cc2cccc(OC)n2)C1=O. The van der Waals surface area contributed by atoms with Gasteiger partial charge in [0.05, 0.1) is 19.3 Å².